The number of furan rings is 2. The molecule has 17 rings (SSSR count). The van der Waals surface area contributed by atoms with Crippen LogP contribution in [-0.2, 0) is 27.1 Å². The summed E-state index contributed by atoms with van der Waals surface area (Å²) in [7, 11) is 0. The number of para-hydroxylation sites is 3. The summed E-state index contributed by atoms with van der Waals surface area (Å²) in [4.78, 5) is 8.22. The van der Waals surface area contributed by atoms with Crippen LogP contribution in [0.2, 0.25) is 0 Å². The highest BCUT2D eigenvalue weighted by Gasteiger charge is 2.59. The fraction of sp³-hybridized carbons (Fsp3) is 0.308. The molecule has 2 aromatic heterocycles. The average molecular weight is 1100 g/mol. The van der Waals surface area contributed by atoms with E-state index in [9.17, 15) is 0 Å². The Balaban J connectivity index is 1.05. The lowest BCUT2D eigenvalue weighted by Gasteiger charge is -2.51. The van der Waals surface area contributed by atoms with E-state index in [-0.39, 0.29) is 39.3 Å². The van der Waals surface area contributed by atoms with Gasteiger partial charge in [0.2, 0.25) is 0 Å². The van der Waals surface area contributed by atoms with E-state index in [1.54, 1.807) is 0 Å². The van der Waals surface area contributed by atoms with E-state index in [4.69, 9.17) is 8.83 Å². The summed E-state index contributed by atoms with van der Waals surface area (Å²) in [5.74, 6) is 0. The smallest absolute Gasteiger partial charge is 0.252 e. The molecular formula is C78H74BN3O2. The molecule has 1 fully saturated rings. The van der Waals surface area contributed by atoms with Crippen LogP contribution in [0, 0.1) is 0 Å². The summed E-state index contributed by atoms with van der Waals surface area (Å²) in [5.41, 5.74) is 26.7. The van der Waals surface area contributed by atoms with Crippen molar-refractivity contribution >= 4 is 112 Å². The third kappa shape index (κ3) is 6.69. The molecule has 416 valence electrons. The molecule has 5 nitrogen and oxygen atoms in total. The average Bonchev–Trinajstić information content (AvgIpc) is 1.15. The SMILES string of the molecule is CC1(C)CCC(C)(C)c2cc3c(cc21)B1c2cc4c(cc2N(c2cccc5oc6ccccc6c25)c2cc(N5c6ccc(-c7ccccc7)cc6C6(C)CCCCC56C)cc(c21)N3c1cccc2c1oc1ccccc12)C(C)(C)CCC4(C)C. The van der Waals surface area contributed by atoms with Crippen LogP contribution in [0.3, 0.4) is 0 Å². The summed E-state index contributed by atoms with van der Waals surface area (Å²) in [6.45, 7) is 25.1. The Labute approximate surface area is 495 Å². The minimum absolute atomic E-state index is 0.0214. The molecule has 1 saturated carbocycles. The van der Waals surface area contributed by atoms with Crippen LogP contribution >= 0.6 is 0 Å². The van der Waals surface area contributed by atoms with Crippen molar-refractivity contribution < 1.29 is 8.83 Å². The van der Waals surface area contributed by atoms with Crippen molar-refractivity contribution in [3.05, 3.63) is 198 Å². The molecule has 9 aromatic carbocycles. The van der Waals surface area contributed by atoms with Crippen molar-refractivity contribution in [1.82, 2.24) is 0 Å². The number of fused-ring (bicyclic) bond motifs is 15. The number of benzene rings is 9. The Morgan fingerprint density at radius 2 is 0.893 bits per heavy atom. The summed E-state index contributed by atoms with van der Waals surface area (Å²) >= 11 is 0. The van der Waals surface area contributed by atoms with Gasteiger partial charge in [0.1, 0.15) is 16.7 Å². The van der Waals surface area contributed by atoms with Gasteiger partial charge in [0.05, 0.1) is 22.3 Å². The molecule has 0 spiro atoms. The second-order valence-corrected chi connectivity index (χ2v) is 29.2. The number of rotatable bonds is 4. The zero-order valence-electron chi connectivity index (χ0n) is 50.6. The maximum Gasteiger partial charge on any atom is 0.252 e. The molecule has 0 N–H and O–H groups in total. The van der Waals surface area contributed by atoms with Gasteiger partial charge < -0.3 is 23.5 Å². The first-order chi connectivity index (χ1) is 40.4. The Morgan fingerprint density at radius 1 is 0.369 bits per heavy atom. The van der Waals surface area contributed by atoms with Crippen LogP contribution in [0.25, 0.3) is 55.0 Å². The van der Waals surface area contributed by atoms with E-state index in [1.807, 2.05) is 0 Å². The Morgan fingerprint density at radius 3 is 1.55 bits per heavy atom. The van der Waals surface area contributed by atoms with E-state index in [2.05, 4.69) is 254 Å². The van der Waals surface area contributed by atoms with Crippen LogP contribution in [-0.4, -0.2) is 12.3 Å². The zero-order valence-corrected chi connectivity index (χ0v) is 50.6. The predicted molar refractivity (Wildman–Crippen MR) is 354 cm³/mol. The first-order valence-corrected chi connectivity index (χ1v) is 31.3. The molecule has 3 aliphatic heterocycles. The maximum absolute atomic E-state index is 7.23. The number of hydrogen-bond donors (Lipinski definition) is 0. The molecule has 3 aliphatic carbocycles. The van der Waals surface area contributed by atoms with Crippen LogP contribution in [0.5, 0.6) is 0 Å². The Hall–Kier alpha value is -7.96. The van der Waals surface area contributed by atoms with Crippen molar-refractivity contribution in [2.45, 2.75) is 153 Å². The molecule has 2 atom stereocenters. The lowest BCUT2D eigenvalue weighted by Crippen LogP contribution is -2.62. The van der Waals surface area contributed by atoms with Gasteiger partial charge in [-0.3, -0.25) is 0 Å². The zero-order chi connectivity index (χ0) is 57.2. The largest absolute Gasteiger partial charge is 0.456 e. The third-order valence-corrected chi connectivity index (χ3v) is 22.7. The van der Waals surface area contributed by atoms with E-state index < -0.39 is 0 Å². The van der Waals surface area contributed by atoms with Gasteiger partial charge in [-0.1, -0.05) is 178 Å². The first kappa shape index (κ1) is 50.5. The standard InChI is InChI=1S/C78H74BN3O2/c1-73(2)36-38-75(5,6)55-45-63-58(43-53(55)73)79-59-44-54-56(76(7,8)39-37-74(54,3)4)46-64(59)81(62-28-20-26-51-50-24-14-16-29-67(50)84-72(51)62)66-42-49(41-65(71(66)79)80(63)61-27-21-31-69-70(61)52-25-15-17-30-68(52)83-69)82-60-33-32-48(47-22-12-11-13-23-47)40-57(60)77(9)34-18-19-35-78(77,82)10/h11-17,20-33,40-46H,18-19,34-39H2,1-10H3. The van der Waals surface area contributed by atoms with Gasteiger partial charge in [-0.15, -0.1) is 0 Å². The van der Waals surface area contributed by atoms with Gasteiger partial charge in [-0.2, -0.15) is 0 Å². The lowest BCUT2D eigenvalue weighted by atomic mass is 9.32. The summed E-state index contributed by atoms with van der Waals surface area (Å²) < 4.78 is 14.1. The molecule has 0 radical (unpaired) electrons. The van der Waals surface area contributed by atoms with Crippen LogP contribution < -0.4 is 31.1 Å². The second-order valence-electron chi connectivity index (χ2n) is 29.2. The third-order valence-electron chi connectivity index (χ3n) is 22.7. The van der Waals surface area contributed by atoms with Gasteiger partial charge in [-0.25, -0.2) is 0 Å². The minimum Gasteiger partial charge on any atom is -0.456 e. The normalized spacial score (nSPS) is 21.9. The number of hydrogen-bond acceptors (Lipinski definition) is 5. The lowest BCUT2D eigenvalue weighted by molar-refractivity contribution is 0.195. The molecule has 2 unspecified atom stereocenters. The quantitative estimate of drug-likeness (QED) is 0.164. The van der Waals surface area contributed by atoms with Crippen molar-refractivity contribution in [3.8, 4) is 11.1 Å². The Bertz CT molecular complexity index is 4650. The van der Waals surface area contributed by atoms with E-state index in [1.165, 1.54) is 102 Å². The fourth-order valence-electron chi connectivity index (χ4n) is 17.5. The molecule has 0 amide bonds. The highest BCUT2D eigenvalue weighted by molar-refractivity contribution is 7.00. The highest BCUT2D eigenvalue weighted by Crippen LogP contribution is 2.63. The van der Waals surface area contributed by atoms with E-state index in [0.717, 1.165) is 93.8 Å². The first-order valence-electron chi connectivity index (χ1n) is 31.3. The summed E-state index contributed by atoms with van der Waals surface area (Å²) in [5, 5.41) is 4.53. The second kappa shape index (κ2) is 16.9. The van der Waals surface area contributed by atoms with Crippen molar-refractivity contribution in [2.24, 2.45) is 0 Å². The Kier molecular flexibility index (Phi) is 10.2. The minimum atomic E-state index is -0.235. The number of nitrogens with zero attached hydrogens (tertiary/aromatic N) is 3. The molecular weight excluding hydrogens is 1020 g/mol. The highest BCUT2D eigenvalue weighted by atomic mass is 16.3. The maximum atomic E-state index is 7.23. The molecule has 11 aromatic rings. The monoisotopic (exact) mass is 1100 g/mol. The van der Waals surface area contributed by atoms with Gasteiger partial charge in [0.15, 0.2) is 5.58 Å². The molecule has 5 heterocycles. The van der Waals surface area contributed by atoms with Crippen molar-refractivity contribution in [1.29, 1.82) is 0 Å². The summed E-state index contributed by atoms with van der Waals surface area (Å²) in [6.07, 6.45) is 9.12. The van der Waals surface area contributed by atoms with E-state index in [0.29, 0.717) is 0 Å². The van der Waals surface area contributed by atoms with Crippen LogP contribution in [0.15, 0.2) is 179 Å². The van der Waals surface area contributed by atoms with E-state index >= 15 is 0 Å². The topological polar surface area (TPSA) is 36.0 Å². The number of anilines is 8. The molecule has 0 bridgehead atoms. The summed E-state index contributed by atoms with van der Waals surface area (Å²) in [6, 6.07) is 65.4. The molecule has 84 heavy (non-hydrogen) atoms. The molecule has 0 saturated heterocycles. The predicted octanol–water partition coefficient (Wildman–Crippen LogP) is 19.7. The molecule has 6 aliphatic rings. The van der Waals surface area contributed by atoms with Crippen LogP contribution in [0.1, 0.15) is 148 Å². The molecule has 6 heteroatoms. The van der Waals surface area contributed by atoms with Crippen molar-refractivity contribution in [3.63, 3.8) is 0 Å². The fourth-order valence-corrected chi connectivity index (χ4v) is 17.5. The van der Waals surface area contributed by atoms with Gasteiger partial charge in [0, 0.05) is 55.7 Å². The van der Waals surface area contributed by atoms with Gasteiger partial charge in [0.25, 0.3) is 6.71 Å². The van der Waals surface area contributed by atoms with Gasteiger partial charge >= 0.3 is 0 Å². The van der Waals surface area contributed by atoms with Crippen LogP contribution in [0.4, 0.5) is 45.5 Å². The van der Waals surface area contributed by atoms with Crippen molar-refractivity contribution in [2.75, 3.05) is 14.7 Å². The van der Waals surface area contributed by atoms with Gasteiger partial charge in [-0.05, 0) is 189 Å².